The predicted octanol–water partition coefficient (Wildman–Crippen LogP) is 4.30. The van der Waals surface area contributed by atoms with Gasteiger partial charge in [-0.25, -0.2) is 4.79 Å². The number of carbonyl (C=O) groups is 2. The van der Waals surface area contributed by atoms with Crippen molar-refractivity contribution in [1.82, 2.24) is 5.32 Å². The summed E-state index contributed by atoms with van der Waals surface area (Å²) in [7, 11) is 0. The number of fused-ring (bicyclic) bond motifs is 3. The summed E-state index contributed by atoms with van der Waals surface area (Å²) < 4.78 is 5.43. The molecule has 4 rings (SSSR count). The average Bonchev–Trinajstić information content (AvgIpc) is 3.14. The van der Waals surface area contributed by atoms with Crippen LogP contribution in [0.25, 0.3) is 11.1 Å². The summed E-state index contributed by atoms with van der Waals surface area (Å²) >= 11 is 0. The highest BCUT2D eigenvalue weighted by Gasteiger charge is 2.28. The molecule has 7 nitrogen and oxygen atoms in total. The number of non-ortho nitro benzene ring substituents is 1. The molecule has 0 spiro atoms. The van der Waals surface area contributed by atoms with Crippen LogP contribution in [0.1, 0.15) is 33.0 Å². The Balaban J connectivity index is 1.36. The standard InChI is InChI=1S/C25H18N2O5/c28-15-18-14-19(27(30)31)12-11-17(18)6-5-13-26-25(29)32-16-24-22-9-3-1-7-20(22)21-8-2-4-10-23(21)24/h1-4,7-12,14-15,24H,13,16H2,(H,26,29). The van der Waals surface area contributed by atoms with Gasteiger partial charge in [-0.15, -0.1) is 0 Å². The zero-order chi connectivity index (χ0) is 22.5. The van der Waals surface area contributed by atoms with Crippen LogP contribution in [0.15, 0.2) is 66.7 Å². The Labute approximate surface area is 184 Å². The average molecular weight is 426 g/mol. The number of hydrogen-bond acceptors (Lipinski definition) is 5. The third-order valence-corrected chi connectivity index (χ3v) is 5.26. The second-order valence-electron chi connectivity index (χ2n) is 7.13. The monoisotopic (exact) mass is 426 g/mol. The van der Waals surface area contributed by atoms with E-state index in [0.29, 0.717) is 11.8 Å². The third kappa shape index (κ3) is 4.20. The molecule has 32 heavy (non-hydrogen) atoms. The lowest BCUT2D eigenvalue weighted by Gasteiger charge is -2.14. The quantitative estimate of drug-likeness (QED) is 0.284. The van der Waals surface area contributed by atoms with E-state index in [1.807, 2.05) is 36.4 Å². The van der Waals surface area contributed by atoms with Crippen LogP contribution in [0.2, 0.25) is 0 Å². The number of aldehydes is 1. The fourth-order valence-corrected chi connectivity index (χ4v) is 3.78. The maximum Gasteiger partial charge on any atom is 0.407 e. The molecule has 3 aromatic rings. The first-order valence-electron chi connectivity index (χ1n) is 9.90. The van der Waals surface area contributed by atoms with Crippen LogP contribution in [0.5, 0.6) is 0 Å². The van der Waals surface area contributed by atoms with E-state index in [1.165, 1.54) is 12.1 Å². The van der Waals surface area contributed by atoms with Gasteiger partial charge in [-0.05, 0) is 28.3 Å². The molecule has 7 heteroatoms. The fraction of sp³-hybridized carbons (Fsp3) is 0.120. The largest absolute Gasteiger partial charge is 0.449 e. The number of nitro benzene ring substituents is 1. The van der Waals surface area contributed by atoms with Gasteiger partial charge in [0.25, 0.3) is 5.69 Å². The molecular weight excluding hydrogens is 408 g/mol. The Morgan fingerprint density at radius 1 is 1.06 bits per heavy atom. The van der Waals surface area contributed by atoms with E-state index in [2.05, 4.69) is 29.3 Å². The number of ether oxygens (including phenoxy) is 1. The molecular formula is C25H18N2O5. The Morgan fingerprint density at radius 3 is 2.34 bits per heavy atom. The molecule has 0 atom stereocenters. The lowest BCUT2D eigenvalue weighted by atomic mass is 9.98. The Bertz CT molecular complexity index is 1230. The molecule has 0 saturated carbocycles. The molecule has 1 amide bonds. The summed E-state index contributed by atoms with van der Waals surface area (Å²) in [5.41, 5.74) is 4.83. The van der Waals surface area contributed by atoms with Gasteiger partial charge in [-0.1, -0.05) is 60.4 Å². The van der Waals surface area contributed by atoms with E-state index in [1.54, 1.807) is 0 Å². The zero-order valence-electron chi connectivity index (χ0n) is 16.9. The number of nitrogens with zero attached hydrogens (tertiary/aromatic N) is 1. The van der Waals surface area contributed by atoms with Gasteiger partial charge in [-0.2, -0.15) is 0 Å². The molecule has 3 aromatic carbocycles. The number of nitrogens with one attached hydrogen (secondary N) is 1. The van der Waals surface area contributed by atoms with Gasteiger partial charge in [0.1, 0.15) is 6.61 Å². The van der Waals surface area contributed by atoms with Crippen molar-refractivity contribution in [3.8, 4) is 23.0 Å². The Morgan fingerprint density at radius 2 is 1.72 bits per heavy atom. The molecule has 0 fully saturated rings. The number of alkyl carbamates (subject to hydrolysis) is 1. The molecule has 158 valence electrons. The molecule has 0 bridgehead atoms. The molecule has 0 heterocycles. The zero-order valence-corrected chi connectivity index (χ0v) is 16.9. The van der Waals surface area contributed by atoms with Crippen molar-refractivity contribution in [2.24, 2.45) is 0 Å². The van der Waals surface area contributed by atoms with Crippen LogP contribution in [0, 0.1) is 22.0 Å². The van der Waals surface area contributed by atoms with Gasteiger partial charge in [0, 0.05) is 29.2 Å². The van der Waals surface area contributed by atoms with Crippen molar-refractivity contribution in [3.63, 3.8) is 0 Å². The van der Waals surface area contributed by atoms with E-state index in [-0.39, 0.29) is 30.3 Å². The van der Waals surface area contributed by atoms with Crippen molar-refractivity contribution < 1.29 is 19.2 Å². The van der Waals surface area contributed by atoms with Gasteiger partial charge < -0.3 is 10.1 Å². The second-order valence-corrected chi connectivity index (χ2v) is 7.13. The first-order valence-corrected chi connectivity index (χ1v) is 9.90. The van der Waals surface area contributed by atoms with Crippen LogP contribution in [-0.2, 0) is 4.74 Å². The molecule has 1 N–H and O–H groups in total. The summed E-state index contributed by atoms with van der Waals surface area (Å²) in [5, 5.41) is 13.4. The first-order chi connectivity index (χ1) is 15.6. The van der Waals surface area contributed by atoms with Crippen molar-refractivity contribution in [2.45, 2.75) is 5.92 Å². The maximum absolute atomic E-state index is 12.1. The summed E-state index contributed by atoms with van der Waals surface area (Å²) in [6, 6.07) is 20.0. The smallest absolute Gasteiger partial charge is 0.407 e. The second kappa shape index (κ2) is 9.14. The molecule has 0 saturated heterocycles. The van der Waals surface area contributed by atoms with Crippen molar-refractivity contribution in [1.29, 1.82) is 0 Å². The molecule has 1 aliphatic rings. The van der Waals surface area contributed by atoms with Gasteiger partial charge in [0.15, 0.2) is 6.29 Å². The van der Waals surface area contributed by atoms with Crippen molar-refractivity contribution in [2.75, 3.05) is 13.2 Å². The molecule has 0 aromatic heterocycles. The molecule has 0 aliphatic heterocycles. The minimum absolute atomic E-state index is 0.00591. The summed E-state index contributed by atoms with van der Waals surface area (Å²) in [4.78, 5) is 33.5. The molecule has 1 aliphatic carbocycles. The SMILES string of the molecule is O=Cc1cc([N+](=O)[O-])ccc1C#CCNC(=O)OCC1c2ccccc2-c2ccccc21. The maximum atomic E-state index is 12.1. The van der Waals surface area contributed by atoms with Gasteiger partial charge in [0.05, 0.1) is 11.5 Å². The summed E-state index contributed by atoms with van der Waals surface area (Å²) in [5.74, 6) is 5.43. The van der Waals surface area contributed by atoms with Crippen LogP contribution in [0.3, 0.4) is 0 Å². The highest BCUT2D eigenvalue weighted by atomic mass is 16.6. The van der Waals surface area contributed by atoms with Crippen molar-refractivity contribution >= 4 is 18.1 Å². The number of hydrogen-bond donors (Lipinski definition) is 1. The van der Waals surface area contributed by atoms with Gasteiger partial charge >= 0.3 is 6.09 Å². The van der Waals surface area contributed by atoms with E-state index < -0.39 is 11.0 Å². The van der Waals surface area contributed by atoms with Crippen LogP contribution >= 0.6 is 0 Å². The normalized spacial score (nSPS) is 11.5. The van der Waals surface area contributed by atoms with Crippen LogP contribution in [0.4, 0.5) is 10.5 Å². The lowest BCUT2D eigenvalue weighted by Crippen LogP contribution is -2.26. The number of benzene rings is 3. The Hall–Kier alpha value is -4.44. The minimum Gasteiger partial charge on any atom is -0.449 e. The number of nitro groups is 1. The Kier molecular flexibility index (Phi) is 5.95. The highest BCUT2D eigenvalue weighted by Crippen LogP contribution is 2.44. The fourth-order valence-electron chi connectivity index (χ4n) is 3.78. The molecule has 0 radical (unpaired) electrons. The predicted molar refractivity (Wildman–Crippen MR) is 118 cm³/mol. The van der Waals surface area contributed by atoms with Crippen LogP contribution < -0.4 is 5.32 Å². The van der Waals surface area contributed by atoms with Gasteiger partial charge in [-0.3, -0.25) is 14.9 Å². The third-order valence-electron chi connectivity index (χ3n) is 5.26. The van der Waals surface area contributed by atoms with Gasteiger partial charge in [0.2, 0.25) is 0 Å². The molecule has 0 unspecified atom stereocenters. The van der Waals surface area contributed by atoms with E-state index in [9.17, 15) is 19.7 Å². The van der Waals surface area contributed by atoms with Crippen LogP contribution in [-0.4, -0.2) is 30.5 Å². The lowest BCUT2D eigenvalue weighted by molar-refractivity contribution is -0.384. The summed E-state index contributed by atoms with van der Waals surface area (Å²) in [6.07, 6.45) is -0.0869. The minimum atomic E-state index is -0.597. The highest BCUT2D eigenvalue weighted by molar-refractivity contribution is 5.81. The topological polar surface area (TPSA) is 98.5 Å². The van der Waals surface area contributed by atoms with E-state index in [0.717, 1.165) is 28.3 Å². The summed E-state index contributed by atoms with van der Waals surface area (Å²) in [6.45, 7) is 0.205. The number of carbonyl (C=O) groups excluding carboxylic acids is 2. The van der Waals surface area contributed by atoms with E-state index in [4.69, 9.17) is 4.74 Å². The van der Waals surface area contributed by atoms with E-state index >= 15 is 0 Å². The number of rotatable bonds is 5. The van der Waals surface area contributed by atoms with Crippen molar-refractivity contribution in [3.05, 3.63) is 99.1 Å². The first kappa shape index (κ1) is 20.8. The number of amides is 1.